The van der Waals surface area contributed by atoms with Crippen LogP contribution in [0.3, 0.4) is 0 Å². The third-order valence-electron chi connectivity index (χ3n) is 4.43. The van der Waals surface area contributed by atoms with Crippen molar-refractivity contribution >= 4 is 12.0 Å². The largest absolute Gasteiger partial charge is 0.376 e. The number of ether oxygens (including phenoxy) is 1. The molecule has 2 aliphatic rings. The number of carbonyl (C=O) groups excluding carboxylic acids is 1. The molecule has 1 saturated carbocycles. The molecule has 1 heterocycles. The van der Waals surface area contributed by atoms with E-state index in [4.69, 9.17) is 4.74 Å². The van der Waals surface area contributed by atoms with Crippen LogP contribution in [0.25, 0.3) is 6.08 Å². The first-order valence-electron chi connectivity index (χ1n) is 8.36. The average molecular weight is 299 g/mol. The molecule has 1 unspecified atom stereocenters. The Kier molecular flexibility index (Phi) is 4.94. The van der Waals surface area contributed by atoms with Crippen LogP contribution in [0.4, 0.5) is 0 Å². The van der Waals surface area contributed by atoms with Gasteiger partial charge in [-0.15, -0.1) is 0 Å². The summed E-state index contributed by atoms with van der Waals surface area (Å²) < 4.78 is 5.69. The van der Waals surface area contributed by atoms with E-state index in [0.717, 1.165) is 38.1 Å². The van der Waals surface area contributed by atoms with Gasteiger partial charge in [0.05, 0.1) is 6.10 Å². The number of aryl methyl sites for hydroxylation is 1. The number of hydrogen-bond acceptors (Lipinski definition) is 2. The highest BCUT2D eigenvalue weighted by molar-refractivity contribution is 5.91. The molecule has 1 aliphatic carbocycles. The predicted octanol–water partition coefficient (Wildman–Crippen LogP) is 3.43. The molecule has 0 N–H and O–H groups in total. The van der Waals surface area contributed by atoms with E-state index in [2.05, 4.69) is 19.1 Å². The van der Waals surface area contributed by atoms with Crippen LogP contribution >= 0.6 is 0 Å². The van der Waals surface area contributed by atoms with Gasteiger partial charge in [-0.3, -0.25) is 4.79 Å². The molecule has 1 aromatic carbocycles. The summed E-state index contributed by atoms with van der Waals surface area (Å²) in [5.74, 6) is 0.820. The maximum atomic E-state index is 12.5. The standard InChI is InChI=1S/C19H25NO2/c1-15-4-6-16(7-5-15)10-11-19(21)20(13-17-8-9-17)14-18-3-2-12-22-18/h4-7,10-11,17-18H,2-3,8-9,12-14H2,1H3. The summed E-state index contributed by atoms with van der Waals surface area (Å²) in [6.07, 6.45) is 8.58. The number of amides is 1. The van der Waals surface area contributed by atoms with Crippen LogP contribution in [-0.2, 0) is 9.53 Å². The zero-order valence-electron chi connectivity index (χ0n) is 13.3. The molecular weight excluding hydrogens is 274 g/mol. The second kappa shape index (κ2) is 7.10. The molecule has 1 amide bonds. The van der Waals surface area contributed by atoms with Crippen molar-refractivity contribution in [3.05, 3.63) is 41.5 Å². The number of nitrogens with zero attached hydrogens (tertiary/aromatic N) is 1. The van der Waals surface area contributed by atoms with Crippen LogP contribution in [0.2, 0.25) is 0 Å². The van der Waals surface area contributed by atoms with Crippen molar-refractivity contribution in [1.82, 2.24) is 4.90 Å². The highest BCUT2D eigenvalue weighted by Gasteiger charge is 2.28. The van der Waals surface area contributed by atoms with E-state index in [1.807, 2.05) is 23.1 Å². The molecule has 1 saturated heterocycles. The maximum absolute atomic E-state index is 12.5. The van der Waals surface area contributed by atoms with E-state index in [9.17, 15) is 4.79 Å². The summed E-state index contributed by atoms with van der Waals surface area (Å²) in [5.41, 5.74) is 2.31. The van der Waals surface area contributed by atoms with Gasteiger partial charge in [0.2, 0.25) is 5.91 Å². The SMILES string of the molecule is Cc1ccc(C=CC(=O)N(CC2CC2)CC2CCCO2)cc1. The topological polar surface area (TPSA) is 29.5 Å². The van der Waals surface area contributed by atoms with Crippen molar-refractivity contribution in [1.29, 1.82) is 0 Å². The Balaban J connectivity index is 1.60. The first-order valence-corrected chi connectivity index (χ1v) is 8.36. The normalized spacial score (nSPS) is 21.4. The Bertz CT molecular complexity index is 525. The van der Waals surface area contributed by atoms with E-state index < -0.39 is 0 Å². The molecule has 1 aromatic rings. The molecule has 3 heteroatoms. The summed E-state index contributed by atoms with van der Waals surface area (Å²) in [5, 5.41) is 0. The average Bonchev–Trinajstić information content (AvgIpc) is 3.19. The molecule has 2 fully saturated rings. The summed E-state index contributed by atoms with van der Waals surface area (Å²) in [6.45, 7) is 4.54. The number of carbonyl (C=O) groups is 1. The van der Waals surface area contributed by atoms with Crippen molar-refractivity contribution in [3.63, 3.8) is 0 Å². The second-order valence-corrected chi connectivity index (χ2v) is 6.57. The lowest BCUT2D eigenvalue weighted by Crippen LogP contribution is -2.37. The fourth-order valence-electron chi connectivity index (χ4n) is 2.85. The van der Waals surface area contributed by atoms with Gasteiger partial charge in [-0.2, -0.15) is 0 Å². The lowest BCUT2D eigenvalue weighted by atomic mass is 10.1. The smallest absolute Gasteiger partial charge is 0.246 e. The zero-order chi connectivity index (χ0) is 15.4. The predicted molar refractivity (Wildman–Crippen MR) is 88.5 cm³/mol. The molecule has 3 nitrogen and oxygen atoms in total. The van der Waals surface area contributed by atoms with Gasteiger partial charge >= 0.3 is 0 Å². The van der Waals surface area contributed by atoms with E-state index in [0.29, 0.717) is 5.92 Å². The maximum Gasteiger partial charge on any atom is 0.246 e. The van der Waals surface area contributed by atoms with Gasteiger partial charge in [0.15, 0.2) is 0 Å². The Hall–Kier alpha value is -1.61. The molecule has 1 aliphatic heterocycles. The fourth-order valence-corrected chi connectivity index (χ4v) is 2.85. The van der Waals surface area contributed by atoms with Gasteiger partial charge in [0, 0.05) is 25.8 Å². The minimum absolute atomic E-state index is 0.114. The van der Waals surface area contributed by atoms with E-state index in [1.165, 1.54) is 18.4 Å². The minimum Gasteiger partial charge on any atom is -0.376 e. The summed E-state index contributed by atoms with van der Waals surface area (Å²) in [6, 6.07) is 8.23. The van der Waals surface area contributed by atoms with Crippen molar-refractivity contribution in [3.8, 4) is 0 Å². The molecular formula is C19H25NO2. The van der Waals surface area contributed by atoms with Gasteiger partial charge in [0.1, 0.15) is 0 Å². The lowest BCUT2D eigenvalue weighted by Gasteiger charge is -2.24. The van der Waals surface area contributed by atoms with Crippen LogP contribution in [0.15, 0.2) is 30.3 Å². The Labute approximate surface area is 133 Å². The minimum atomic E-state index is 0.114. The first-order chi connectivity index (χ1) is 10.7. The molecule has 0 aromatic heterocycles. The van der Waals surface area contributed by atoms with E-state index in [-0.39, 0.29) is 12.0 Å². The van der Waals surface area contributed by atoms with Crippen LogP contribution in [0, 0.1) is 12.8 Å². The van der Waals surface area contributed by atoms with E-state index >= 15 is 0 Å². The molecule has 22 heavy (non-hydrogen) atoms. The van der Waals surface area contributed by atoms with Crippen molar-refractivity contribution in [2.75, 3.05) is 19.7 Å². The van der Waals surface area contributed by atoms with Crippen molar-refractivity contribution in [2.24, 2.45) is 5.92 Å². The highest BCUT2D eigenvalue weighted by atomic mass is 16.5. The van der Waals surface area contributed by atoms with Crippen LogP contribution in [-0.4, -0.2) is 36.6 Å². The van der Waals surface area contributed by atoms with Crippen molar-refractivity contribution < 1.29 is 9.53 Å². The molecule has 0 bridgehead atoms. The van der Waals surface area contributed by atoms with Gasteiger partial charge < -0.3 is 9.64 Å². The number of hydrogen-bond donors (Lipinski definition) is 0. The molecule has 0 spiro atoms. The molecule has 0 radical (unpaired) electrons. The lowest BCUT2D eigenvalue weighted by molar-refractivity contribution is -0.127. The quantitative estimate of drug-likeness (QED) is 0.753. The number of benzene rings is 1. The zero-order valence-corrected chi connectivity index (χ0v) is 13.3. The Morgan fingerprint density at radius 1 is 1.23 bits per heavy atom. The summed E-state index contributed by atoms with van der Waals surface area (Å²) in [7, 11) is 0. The first kappa shape index (κ1) is 15.3. The van der Waals surface area contributed by atoms with Crippen molar-refractivity contribution in [2.45, 2.75) is 38.7 Å². The summed E-state index contributed by atoms with van der Waals surface area (Å²) in [4.78, 5) is 14.5. The second-order valence-electron chi connectivity index (χ2n) is 6.57. The summed E-state index contributed by atoms with van der Waals surface area (Å²) >= 11 is 0. The van der Waals surface area contributed by atoms with Crippen LogP contribution in [0.5, 0.6) is 0 Å². The highest BCUT2D eigenvalue weighted by Crippen LogP contribution is 2.30. The fraction of sp³-hybridized carbons (Fsp3) is 0.526. The Morgan fingerprint density at radius 3 is 2.64 bits per heavy atom. The third-order valence-corrected chi connectivity index (χ3v) is 4.43. The van der Waals surface area contributed by atoms with E-state index in [1.54, 1.807) is 6.08 Å². The molecule has 1 atom stereocenters. The van der Waals surface area contributed by atoms with Crippen LogP contribution in [0.1, 0.15) is 36.8 Å². The molecule has 3 rings (SSSR count). The molecule has 118 valence electrons. The van der Waals surface area contributed by atoms with Gasteiger partial charge in [-0.25, -0.2) is 0 Å². The van der Waals surface area contributed by atoms with Gasteiger partial charge in [0.25, 0.3) is 0 Å². The van der Waals surface area contributed by atoms with Gasteiger partial charge in [-0.1, -0.05) is 29.8 Å². The number of rotatable bonds is 6. The third kappa shape index (κ3) is 4.44. The van der Waals surface area contributed by atoms with Crippen LogP contribution < -0.4 is 0 Å². The monoisotopic (exact) mass is 299 g/mol. The van der Waals surface area contributed by atoms with Gasteiger partial charge in [-0.05, 0) is 50.2 Å². The Morgan fingerprint density at radius 2 is 2.00 bits per heavy atom.